The summed E-state index contributed by atoms with van der Waals surface area (Å²) in [5.74, 6) is 0.227. The van der Waals surface area contributed by atoms with E-state index in [0.717, 1.165) is 0 Å². The van der Waals surface area contributed by atoms with Crippen LogP contribution in [0, 0.1) is 0 Å². The minimum Gasteiger partial charge on any atom is -0.476 e. The van der Waals surface area contributed by atoms with Crippen molar-refractivity contribution in [3.05, 3.63) is 42.4 Å². The number of ether oxygens (including phenoxy) is 1. The van der Waals surface area contributed by atoms with Gasteiger partial charge < -0.3 is 15.8 Å². The van der Waals surface area contributed by atoms with Crippen LogP contribution in [0.3, 0.4) is 0 Å². The lowest BCUT2D eigenvalue weighted by atomic mass is 10.2. The van der Waals surface area contributed by atoms with Crippen LogP contribution in [0.5, 0.6) is 5.88 Å². The van der Waals surface area contributed by atoms with Gasteiger partial charge in [0.2, 0.25) is 11.8 Å². The number of aromatic nitrogens is 2. The molecule has 2 heterocycles. The number of anilines is 2. The molecule has 0 aromatic carbocycles. The summed E-state index contributed by atoms with van der Waals surface area (Å²) in [7, 11) is 0. The third-order valence-corrected chi connectivity index (χ3v) is 2.52. The van der Waals surface area contributed by atoms with Gasteiger partial charge in [-0.3, -0.25) is 9.78 Å². The molecular weight excluding hydrogens is 256 g/mol. The van der Waals surface area contributed by atoms with Crippen LogP contribution in [0.1, 0.15) is 12.6 Å². The Labute approximate surface area is 117 Å². The maximum atomic E-state index is 12.0. The van der Waals surface area contributed by atoms with Crippen LogP contribution in [0.4, 0.5) is 11.4 Å². The van der Waals surface area contributed by atoms with Crippen LogP contribution in [-0.2, 0) is 11.2 Å². The maximum Gasteiger partial charge on any atom is 0.237 e. The number of nitrogens with two attached hydrogens (primary N) is 1. The van der Waals surface area contributed by atoms with E-state index in [2.05, 4.69) is 15.3 Å². The number of nitrogen functional groups attached to an aromatic ring is 1. The Kier molecular flexibility index (Phi) is 4.49. The van der Waals surface area contributed by atoms with E-state index in [1.807, 2.05) is 6.92 Å². The number of pyridine rings is 2. The zero-order chi connectivity index (χ0) is 14.4. The summed E-state index contributed by atoms with van der Waals surface area (Å²) in [6, 6.07) is 6.92. The van der Waals surface area contributed by atoms with E-state index < -0.39 is 0 Å². The summed E-state index contributed by atoms with van der Waals surface area (Å²) in [6.07, 6.45) is 3.31. The molecule has 0 aliphatic rings. The van der Waals surface area contributed by atoms with E-state index in [4.69, 9.17) is 10.5 Å². The molecule has 6 heteroatoms. The fourth-order valence-corrected chi connectivity index (χ4v) is 1.64. The van der Waals surface area contributed by atoms with Crippen molar-refractivity contribution in [1.82, 2.24) is 9.97 Å². The third-order valence-electron chi connectivity index (χ3n) is 2.52. The first kappa shape index (κ1) is 13.8. The van der Waals surface area contributed by atoms with Gasteiger partial charge in [-0.25, -0.2) is 4.98 Å². The molecule has 0 atom stereocenters. The molecule has 6 nitrogen and oxygen atoms in total. The largest absolute Gasteiger partial charge is 0.476 e. The first-order valence-corrected chi connectivity index (χ1v) is 6.27. The van der Waals surface area contributed by atoms with Gasteiger partial charge in [-0.1, -0.05) is 0 Å². The number of amides is 1. The quantitative estimate of drug-likeness (QED) is 0.863. The number of nitrogens with zero attached hydrogens (tertiary/aromatic N) is 2. The number of rotatable bonds is 5. The summed E-state index contributed by atoms with van der Waals surface area (Å²) >= 11 is 0. The predicted octanol–water partition coefficient (Wildman–Crippen LogP) is 1.64. The average Bonchev–Trinajstić information content (AvgIpc) is 2.44. The van der Waals surface area contributed by atoms with Crippen molar-refractivity contribution >= 4 is 17.3 Å². The smallest absolute Gasteiger partial charge is 0.237 e. The highest BCUT2D eigenvalue weighted by Crippen LogP contribution is 2.20. The van der Waals surface area contributed by atoms with Gasteiger partial charge in [0.15, 0.2) is 0 Å². The molecule has 0 spiro atoms. The molecular formula is C14H16N4O2. The third kappa shape index (κ3) is 3.68. The van der Waals surface area contributed by atoms with Gasteiger partial charge in [0, 0.05) is 11.9 Å². The summed E-state index contributed by atoms with van der Waals surface area (Å²) in [5, 5.41) is 2.76. The van der Waals surface area contributed by atoms with Crippen LogP contribution >= 0.6 is 0 Å². The SMILES string of the molecule is CCOc1ncccc1NC(=O)Cc1ccc(N)cn1. The lowest BCUT2D eigenvalue weighted by molar-refractivity contribution is -0.115. The number of hydrogen-bond donors (Lipinski definition) is 2. The molecule has 0 radical (unpaired) electrons. The zero-order valence-corrected chi connectivity index (χ0v) is 11.2. The van der Waals surface area contributed by atoms with Gasteiger partial charge in [0.25, 0.3) is 0 Å². The first-order chi connectivity index (χ1) is 9.69. The van der Waals surface area contributed by atoms with E-state index in [0.29, 0.717) is 29.6 Å². The zero-order valence-electron chi connectivity index (χ0n) is 11.2. The molecule has 0 unspecified atom stereocenters. The molecule has 2 rings (SSSR count). The van der Waals surface area contributed by atoms with Crippen molar-refractivity contribution in [3.8, 4) is 5.88 Å². The molecule has 0 aliphatic heterocycles. The van der Waals surface area contributed by atoms with Crippen molar-refractivity contribution in [1.29, 1.82) is 0 Å². The van der Waals surface area contributed by atoms with Gasteiger partial charge >= 0.3 is 0 Å². The molecule has 3 N–H and O–H groups in total. The standard InChI is InChI=1S/C14H16N4O2/c1-2-20-14-12(4-3-7-16-14)18-13(19)8-11-6-5-10(15)9-17-11/h3-7,9H,2,8,15H2,1H3,(H,18,19). The Bertz CT molecular complexity index is 584. The van der Waals surface area contributed by atoms with Crippen molar-refractivity contribution < 1.29 is 9.53 Å². The Balaban J connectivity index is 2.02. The molecule has 1 amide bonds. The lowest BCUT2D eigenvalue weighted by Gasteiger charge is -2.09. The molecule has 20 heavy (non-hydrogen) atoms. The van der Waals surface area contributed by atoms with Gasteiger partial charge in [0.05, 0.1) is 24.9 Å². The molecule has 2 aromatic heterocycles. The summed E-state index contributed by atoms with van der Waals surface area (Å²) in [5.41, 5.74) is 7.32. The minimum absolute atomic E-state index is 0.167. The normalized spacial score (nSPS) is 10.1. The van der Waals surface area contributed by atoms with Crippen LogP contribution in [0.15, 0.2) is 36.7 Å². The van der Waals surface area contributed by atoms with Crippen molar-refractivity contribution in [2.75, 3.05) is 17.7 Å². The maximum absolute atomic E-state index is 12.0. The topological polar surface area (TPSA) is 90.1 Å². The van der Waals surface area contributed by atoms with E-state index >= 15 is 0 Å². The van der Waals surface area contributed by atoms with Crippen molar-refractivity contribution in [3.63, 3.8) is 0 Å². The monoisotopic (exact) mass is 272 g/mol. The van der Waals surface area contributed by atoms with Crippen LogP contribution < -0.4 is 15.8 Å². The highest BCUT2D eigenvalue weighted by molar-refractivity contribution is 5.93. The fraction of sp³-hybridized carbons (Fsp3) is 0.214. The van der Waals surface area contributed by atoms with Gasteiger partial charge in [0.1, 0.15) is 5.69 Å². The highest BCUT2D eigenvalue weighted by atomic mass is 16.5. The van der Waals surface area contributed by atoms with E-state index in [-0.39, 0.29) is 12.3 Å². The van der Waals surface area contributed by atoms with Gasteiger partial charge in [-0.2, -0.15) is 0 Å². The molecule has 2 aromatic rings. The first-order valence-electron chi connectivity index (χ1n) is 6.27. The summed E-state index contributed by atoms with van der Waals surface area (Å²) in [4.78, 5) is 20.1. The number of carbonyl (C=O) groups excluding carboxylic acids is 1. The Morgan fingerprint density at radius 3 is 2.90 bits per heavy atom. The van der Waals surface area contributed by atoms with Gasteiger partial charge in [-0.05, 0) is 31.2 Å². The predicted molar refractivity (Wildman–Crippen MR) is 76.4 cm³/mol. The second-order valence-electron chi connectivity index (χ2n) is 4.10. The molecule has 0 bridgehead atoms. The number of hydrogen-bond acceptors (Lipinski definition) is 5. The average molecular weight is 272 g/mol. The van der Waals surface area contributed by atoms with Crippen LogP contribution in [-0.4, -0.2) is 22.5 Å². The molecule has 0 fully saturated rings. The van der Waals surface area contributed by atoms with E-state index in [1.165, 1.54) is 6.20 Å². The minimum atomic E-state index is -0.184. The van der Waals surface area contributed by atoms with Gasteiger partial charge in [-0.15, -0.1) is 0 Å². The van der Waals surface area contributed by atoms with E-state index in [9.17, 15) is 4.79 Å². The Morgan fingerprint density at radius 2 is 2.20 bits per heavy atom. The highest BCUT2D eigenvalue weighted by Gasteiger charge is 2.09. The van der Waals surface area contributed by atoms with Crippen LogP contribution in [0.25, 0.3) is 0 Å². The van der Waals surface area contributed by atoms with Crippen molar-refractivity contribution in [2.24, 2.45) is 0 Å². The Hall–Kier alpha value is -2.63. The molecule has 0 saturated heterocycles. The number of nitrogens with one attached hydrogen (secondary N) is 1. The second kappa shape index (κ2) is 6.51. The lowest BCUT2D eigenvalue weighted by Crippen LogP contribution is -2.16. The molecule has 0 aliphatic carbocycles. The summed E-state index contributed by atoms with van der Waals surface area (Å²) in [6.45, 7) is 2.35. The van der Waals surface area contributed by atoms with Crippen LogP contribution in [0.2, 0.25) is 0 Å². The van der Waals surface area contributed by atoms with E-state index in [1.54, 1.807) is 30.5 Å². The molecule has 104 valence electrons. The fourth-order valence-electron chi connectivity index (χ4n) is 1.64. The second-order valence-corrected chi connectivity index (χ2v) is 4.10. The Morgan fingerprint density at radius 1 is 1.35 bits per heavy atom. The number of carbonyl (C=O) groups is 1. The van der Waals surface area contributed by atoms with Crippen molar-refractivity contribution in [2.45, 2.75) is 13.3 Å². The summed E-state index contributed by atoms with van der Waals surface area (Å²) < 4.78 is 5.35. The molecule has 0 saturated carbocycles.